The molecule has 2 heterocycles. The number of fused-ring (bicyclic) bond motifs is 5. The van der Waals surface area contributed by atoms with E-state index in [9.17, 15) is 18.0 Å². The molecule has 200 valence electrons. The minimum absolute atomic E-state index is 0.0908. The number of hydrogen-bond acceptors (Lipinski definition) is 5. The molecule has 1 aliphatic heterocycles. The number of rotatable bonds is 6. The van der Waals surface area contributed by atoms with Crippen molar-refractivity contribution >= 4 is 39.2 Å². The van der Waals surface area contributed by atoms with E-state index >= 15 is 0 Å². The fourth-order valence-electron chi connectivity index (χ4n) is 5.73. The van der Waals surface area contributed by atoms with Gasteiger partial charge in [0, 0.05) is 37.7 Å². The summed E-state index contributed by atoms with van der Waals surface area (Å²) in [5.74, 6) is -0.592. The molecule has 0 radical (unpaired) electrons. The van der Waals surface area contributed by atoms with Gasteiger partial charge in [-0.2, -0.15) is 12.7 Å². The first-order valence-corrected chi connectivity index (χ1v) is 14.4. The smallest absolute Gasteiger partial charge is 0.335 e. The lowest BCUT2D eigenvalue weighted by Gasteiger charge is -2.23. The Morgan fingerprint density at radius 1 is 1.08 bits per heavy atom. The fraction of sp³-hybridized carbons (Fsp3) is 0.379. The van der Waals surface area contributed by atoms with Gasteiger partial charge in [-0.25, -0.2) is 9.52 Å². The zero-order valence-corrected chi connectivity index (χ0v) is 22.8. The van der Waals surface area contributed by atoms with Crippen molar-refractivity contribution in [2.24, 2.45) is 0 Å². The Morgan fingerprint density at radius 2 is 1.82 bits per heavy atom. The molecule has 1 N–H and O–H groups in total. The molecule has 5 rings (SSSR count). The average Bonchev–Trinajstić information content (AvgIpc) is 3.10. The maximum Gasteiger partial charge on any atom is 0.335 e. The summed E-state index contributed by atoms with van der Waals surface area (Å²) in [6.07, 6.45) is 8.05. The lowest BCUT2D eigenvalue weighted by atomic mass is 9.81. The first-order chi connectivity index (χ1) is 18.2. The van der Waals surface area contributed by atoms with Crippen LogP contribution in [0.2, 0.25) is 0 Å². The van der Waals surface area contributed by atoms with Crippen molar-refractivity contribution < 1.29 is 22.7 Å². The third-order valence-corrected chi connectivity index (χ3v) is 9.04. The third kappa shape index (κ3) is 4.88. The molecule has 0 atom stereocenters. The molecule has 0 unspecified atom stereocenters. The van der Waals surface area contributed by atoms with Crippen LogP contribution in [0.4, 0.5) is 0 Å². The molecule has 1 aromatic heterocycles. The molecule has 0 spiro atoms. The number of nitrogens with zero attached hydrogens (tertiary/aromatic N) is 2. The highest BCUT2D eigenvalue weighted by Gasteiger charge is 2.30. The molecule has 2 aliphatic rings. The molecule has 1 amide bonds. The van der Waals surface area contributed by atoms with E-state index in [4.69, 9.17) is 4.74 Å². The fourth-order valence-corrected chi connectivity index (χ4v) is 6.27. The third-order valence-electron chi connectivity index (χ3n) is 7.60. The number of nitrogens with one attached hydrogen (secondary N) is 1. The van der Waals surface area contributed by atoms with E-state index < -0.39 is 16.1 Å². The summed E-state index contributed by atoms with van der Waals surface area (Å²) in [5, 5.41) is 1.09. The summed E-state index contributed by atoms with van der Waals surface area (Å²) in [4.78, 5) is 25.4. The molecular weight excluding hydrogens is 502 g/mol. The van der Waals surface area contributed by atoms with Crippen molar-refractivity contribution in [3.05, 3.63) is 64.7 Å². The highest BCUT2D eigenvalue weighted by molar-refractivity contribution is 7.87. The number of methoxy groups -OCH3 is 1. The summed E-state index contributed by atoms with van der Waals surface area (Å²) in [5.41, 5.74) is 6.64. The molecule has 2 aromatic carbocycles. The van der Waals surface area contributed by atoms with Gasteiger partial charge in [-0.15, -0.1) is 0 Å². The Labute approximate surface area is 223 Å². The van der Waals surface area contributed by atoms with Gasteiger partial charge in [0.05, 0.1) is 30.3 Å². The van der Waals surface area contributed by atoms with E-state index in [0.717, 1.165) is 44.9 Å². The van der Waals surface area contributed by atoms with Crippen molar-refractivity contribution in [1.29, 1.82) is 0 Å². The summed E-state index contributed by atoms with van der Waals surface area (Å²) >= 11 is 0. The van der Waals surface area contributed by atoms with Gasteiger partial charge < -0.3 is 9.30 Å². The van der Waals surface area contributed by atoms with Crippen LogP contribution in [0.1, 0.15) is 54.7 Å². The summed E-state index contributed by atoms with van der Waals surface area (Å²) in [6, 6.07) is 14.1. The van der Waals surface area contributed by atoms with Crippen LogP contribution in [0.3, 0.4) is 0 Å². The number of aromatic nitrogens is 1. The number of amides is 1. The second-order valence-electron chi connectivity index (χ2n) is 10.3. The number of carbonyl (C=O) groups excluding carboxylic acids is 2. The number of hydrogen-bond donors (Lipinski definition) is 1. The Bertz CT molecular complexity index is 1550. The first kappa shape index (κ1) is 26.2. The van der Waals surface area contributed by atoms with Crippen LogP contribution in [-0.4, -0.2) is 50.4 Å². The van der Waals surface area contributed by atoms with Gasteiger partial charge in [-0.05, 0) is 41.5 Å². The number of ether oxygens (including phenoxy) is 1. The van der Waals surface area contributed by atoms with Gasteiger partial charge in [-0.1, -0.05) is 55.7 Å². The normalized spacial score (nSPS) is 15.9. The van der Waals surface area contributed by atoms with E-state index in [-0.39, 0.29) is 12.4 Å². The van der Waals surface area contributed by atoms with Crippen molar-refractivity contribution in [2.75, 3.05) is 21.2 Å². The number of benzene rings is 2. The van der Waals surface area contributed by atoms with Crippen LogP contribution >= 0.6 is 0 Å². The van der Waals surface area contributed by atoms with Crippen LogP contribution in [0.25, 0.3) is 28.4 Å². The minimum atomic E-state index is -3.88. The Kier molecular flexibility index (Phi) is 7.15. The molecule has 3 aromatic rings. The topological polar surface area (TPSA) is 97.7 Å². The van der Waals surface area contributed by atoms with Gasteiger partial charge in [-0.3, -0.25) is 4.79 Å². The molecular formula is C29H33N3O5S. The first-order valence-electron chi connectivity index (χ1n) is 13.0. The molecule has 9 heteroatoms. The standard InChI is InChI=1S/C29H33N3O5S/c1-31(2)38(35,36)30-26(33)16-19-13-14-24-25(15-19)32-18-22(29(34)37-3)17-21-11-7-8-12-23(21)28(32)27(24)20-9-5-4-6-10-20/h7-8,11-15,18,20H,4-6,9-10,16-17H2,1-3H3,(H,30,33). The monoisotopic (exact) mass is 535 g/mol. The lowest BCUT2D eigenvalue weighted by molar-refractivity contribution is -0.136. The number of carbonyl (C=O) groups is 2. The van der Waals surface area contributed by atoms with Crippen LogP contribution < -0.4 is 4.72 Å². The van der Waals surface area contributed by atoms with E-state index in [0.29, 0.717) is 23.5 Å². The quantitative estimate of drug-likeness (QED) is 0.472. The predicted molar refractivity (Wildman–Crippen MR) is 148 cm³/mol. The zero-order valence-electron chi connectivity index (χ0n) is 22.0. The van der Waals surface area contributed by atoms with E-state index in [2.05, 4.69) is 21.4 Å². The SMILES string of the molecule is COC(=O)C1=Cn2c(c(C3CCCCC3)c3ccc(CC(=O)NS(=O)(=O)N(C)C)cc32)-c2ccccc2C1. The molecule has 1 fully saturated rings. The predicted octanol–water partition coefficient (Wildman–Crippen LogP) is 4.39. The van der Waals surface area contributed by atoms with Crippen LogP contribution in [0.5, 0.6) is 0 Å². The van der Waals surface area contributed by atoms with Crippen molar-refractivity contribution in [3.63, 3.8) is 0 Å². The molecule has 1 aliphatic carbocycles. The zero-order chi connectivity index (χ0) is 27.0. The van der Waals surface area contributed by atoms with Crippen molar-refractivity contribution in [1.82, 2.24) is 13.6 Å². The molecule has 1 saturated carbocycles. The Hall–Kier alpha value is -3.43. The summed E-state index contributed by atoms with van der Waals surface area (Å²) in [7, 11) is 0.251. The molecule has 0 bridgehead atoms. The lowest BCUT2D eigenvalue weighted by Crippen LogP contribution is -2.40. The highest BCUT2D eigenvalue weighted by Crippen LogP contribution is 2.46. The van der Waals surface area contributed by atoms with Gasteiger partial charge >= 0.3 is 16.2 Å². The van der Waals surface area contributed by atoms with Gasteiger partial charge in [0.1, 0.15) is 0 Å². The van der Waals surface area contributed by atoms with Crippen molar-refractivity contribution in [3.8, 4) is 11.3 Å². The van der Waals surface area contributed by atoms with Gasteiger partial charge in [0.15, 0.2) is 0 Å². The maximum atomic E-state index is 12.8. The minimum Gasteiger partial charge on any atom is -0.466 e. The largest absolute Gasteiger partial charge is 0.466 e. The Balaban J connectivity index is 1.70. The molecule has 0 saturated heterocycles. The summed E-state index contributed by atoms with van der Waals surface area (Å²) in [6.45, 7) is 0. The second kappa shape index (κ2) is 10.4. The maximum absolute atomic E-state index is 12.8. The highest BCUT2D eigenvalue weighted by atomic mass is 32.2. The van der Waals surface area contributed by atoms with Crippen LogP contribution in [-0.2, 0) is 37.4 Å². The van der Waals surface area contributed by atoms with Crippen LogP contribution in [0, 0.1) is 0 Å². The van der Waals surface area contributed by atoms with E-state index in [1.165, 1.54) is 46.0 Å². The Morgan fingerprint density at radius 3 is 2.53 bits per heavy atom. The van der Waals surface area contributed by atoms with Crippen LogP contribution in [0.15, 0.2) is 48.0 Å². The van der Waals surface area contributed by atoms with Gasteiger partial charge in [0.2, 0.25) is 5.91 Å². The molecule has 38 heavy (non-hydrogen) atoms. The van der Waals surface area contributed by atoms with Gasteiger partial charge in [0.25, 0.3) is 0 Å². The summed E-state index contributed by atoms with van der Waals surface area (Å²) < 4.78 is 34.5. The second-order valence-corrected chi connectivity index (χ2v) is 12.2. The average molecular weight is 536 g/mol. The molecule has 8 nitrogen and oxygen atoms in total. The van der Waals surface area contributed by atoms with Crippen molar-refractivity contribution in [2.45, 2.75) is 50.9 Å². The number of esters is 1. The van der Waals surface area contributed by atoms with E-state index in [1.54, 1.807) is 0 Å². The van der Waals surface area contributed by atoms with E-state index in [1.807, 2.05) is 36.5 Å².